The fraction of sp³-hybridized carbons (Fsp3) is 0.300. The van der Waals surface area contributed by atoms with Crippen LogP contribution in [0.25, 0.3) is 0 Å². The Hall–Kier alpha value is -1.91. The van der Waals surface area contributed by atoms with Gasteiger partial charge in [0.1, 0.15) is 0 Å². The van der Waals surface area contributed by atoms with Crippen LogP contribution in [0.15, 0.2) is 17.2 Å². The van der Waals surface area contributed by atoms with Crippen LogP contribution in [-0.2, 0) is 0 Å². The molecule has 15 heavy (non-hydrogen) atoms. The van der Waals surface area contributed by atoms with Gasteiger partial charge in [-0.2, -0.15) is 5.10 Å². The molecule has 0 spiro atoms. The number of methoxy groups -OCH3 is 2. The van der Waals surface area contributed by atoms with Crippen LogP contribution in [0.3, 0.4) is 0 Å². The molecule has 1 aromatic carbocycles. The van der Waals surface area contributed by atoms with Crippen LogP contribution < -0.4 is 14.9 Å². The average Bonchev–Trinajstić information content (AvgIpc) is 2.27. The smallest absolute Gasteiger partial charge is 0.200 e. The first kappa shape index (κ1) is 11.2. The van der Waals surface area contributed by atoms with Crippen molar-refractivity contribution in [3.8, 4) is 17.2 Å². The van der Waals surface area contributed by atoms with Crippen molar-refractivity contribution in [1.82, 2.24) is 5.43 Å². The normalized spacial score (nSPS) is 10.3. The monoisotopic (exact) mass is 210 g/mol. The van der Waals surface area contributed by atoms with Crippen LogP contribution in [-0.4, -0.2) is 32.6 Å². The highest BCUT2D eigenvalue weighted by Crippen LogP contribution is 2.36. The molecule has 0 saturated carbocycles. The first-order valence-electron chi connectivity index (χ1n) is 4.37. The van der Waals surface area contributed by atoms with E-state index in [0.29, 0.717) is 11.5 Å². The van der Waals surface area contributed by atoms with Crippen LogP contribution in [0, 0.1) is 0 Å². The van der Waals surface area contributed by atoms with Gasteiger partial charge < -0.3 is 20.0 Å². The van der Waals surface area contributed by atoms with Crippen molar-refractivity contribution in [3.05, 3.63) is 17.7 Å². The molecule has 5 heteroatoms. The summed E-state index contributed by atoms with van der Waals surface area (Å²) in [6.45, 7) is 0. The number of phenols is 1. The van der Waals surface area contributed by atoms with E-state index >= 15 is 0 Å². The predicted molar refractivity (Wildman–Crippen MR) is 57.9 cm³/mol. The van der Waals surface area contributed by atoms with Gasteiger partial charge in [0.2, 0.25) is 5.75 Å². The molecular formula is C10H14N2O3. The third-order valence-corrected chi connectivity index (χ3v) is 1.84. The van der Waals surface area contributed by atoms with Gasteiger partial charge in [0, 0.05) is 12.6 Å². The fourth-order valence-corrected chi connectivity index (χ4v) is 1.13. The molecule has 0 aliphatic carbocycles. The van der Waals surface area contributed by atoms with Crippen molar-refractivity contribution in [3.63, 3.8) is 0 Å². The molecule has 5 nitrogen and oxygen atoms in total. The number of phenolic OH excluding ortho intramolecular Hbond substituents is 1. The number of rotatable bonds is 4. The first-order chi connectivity index (χ1) is 7.22. The van der Waals surface area contributed by atoms with Gasteiger partial charge in [-0.05, 0) is 12.1 Å². The van der Waals surface area contributed by atoms with E-state index in [1.807, 2.05) is 0 Å². The number of hydrazone groups is 1. The Kier molecular flexibility index (Phi) is 3.79. The summed E-state index contributed by atoms with van der Waals surface area (Å²) in [5.74, 6) is 0.695. The minimum absolute atomic E-state index is 0.0124. The summed E-state index contributed by atoms with van der Waals surface area (Å²) in [4.78, 5) is 0. The summed E-state index contributed by atoms with van der Waals surface area (Å²) in [6, 6.07) is 3.33. The molecule has 0 atom stereocenters. The summed E-state index contributed by atoms with van der Waals surface area (Å²) in [6.07, 6.45) is 1.60. The molecule has 0 saturated heterocycles. The molecule has 2 N–H and O–H groups in total. The summed E-state index contributed by atoms with van der Waals surface area (Å²) >= 11 is 0. The SMILES string of the molecule is CNN=Cc1cc(OC)c(O)c(OC)c1. The van der Waals surface area contributed by atoms with Crippen molar-refractivity contribution in [2.75, 3.05) is 21.3 Å². The third kappa shape index (κ3) is 2.52. The highest BCUT2D eigenvalue weighted by molar-refractivity contribution is 5.82. The summed E-state index contributed by atoms with van der Waals surface area (Å²) in [7, 11) is 4.66. The molecule has 0 bridgehead atoms. The highest BCUT2D eigenvalue weighted by atomic mass is 16.5. The number of aromatic hydroxyl groups is 1. The highest BCUT2D eigenvalue weighted by Gasteiger charge is 2.09. The second kappa shape index (κ2) is 5.09. The van der Waals surface area contributed by atoms with E-state index in [1.165, 1.54) is 14.2 Å². The number of hydrogen-bond donors (Lipinski definition) is 2. The van der Waals surface area contributed by atoms with Crippen LogP contribution in [0.1, 0.15) is 5.56 Å². The Labute approximate surface area is 88.3 Å². The molecule has 0 fully saturated rings. The van der Waals surface area contributed by atoms with E-state index in [1.54, 1.807) is 25.4 Å². The van der Waals surface area contributed by atoms with Crippen LogP contribution >= 0.6 is 0 Å². The Morgan fingerprint density at radius 2 is 1.80 bits per heavy atom. The minimum Gasteiger partial charge on any atom is -0.502 e. The summed E-state index contributed by atoms with van der Waals surface area (Å²) in [5.41, 5.74) is 3.40. The molecule has 0 aliphatic heterocycles. The summed E-state index contributed by atoms with van der Waals surface area (Å²) in [5, 5.41) is 13.5. The molecule has 0 aliphatic rings. The molecule has 1 aromatic rings. The molecule has 0 unspecified atom stereocenters. The van der Waals surface area contributed by atoms with Crippen LogP contribution in [0.5, 0.6) is 17.2 Å². The van der Waals surface area contributed by atoms with Crippen molar-refractivity contribution < 1.29 is 14.6 Å². The zero-order valence-corrected chi connectivity index (χ0v) is 8.94. The topological polar surface area (TPSA) is 63.1 Å². The predicted octanol–water partition coefficient (Wildman–Crippen LogP) is 0.963. The van der Waals surface area contributed by atoms with Crippen LogP contribution in [0.4, 0.5) is 0 Å². The molecule has 0 radical (unpaired) electrons. The van der Waals surface area contributed by atoms with Gasteiger partial charge in [-0.15, -0.1) is 0 Å². The van der Waals surface area contributed by atoms with E-state index in [4.69, 9.17) is 9.47 Å². The van der Waals surface area contributed by atoms with E-state index < -0.39 is 0 Å². The molecule has 82 valence electrons. The Balaban J connectivity index is 3.14. The number of ether oxygens (including phenoxy) is 2. The van der Waals surface area contributed by atoms with Crippen molar-refractivity contribution in [2.45, 2.75) is 0 Å². The maximum Gasteiger partial charge on any atom is 0.200 e. The molecule has 0 heterocycles. The standard InChI is InChI=1S/C10H14N2O3/c1-11-12-6-7-4-8(14-2)10(13)9(5-7)15-3/h4-6,11,13H,1-3H3. The maximum atomic E-state index is 9.63. The number of hydrogen-bond acceptors (Lipinski definition) is 5. The largest absolute Gasteiger partial charge is 0.502 e. The van der Waals surface area contributed by atoms with Crippen molar-refractivity contribution >= 4 is 6.21 Å². The quantitative estimate of drug-likeness (QED) is 0.574. The van der Waals surface area contributed by atoms with Crippen molar-refractivity contribution in [2.24, 2.45) is 5.10 Å². The van der Waals surface area contributed by atoms with Gasteiger partial charge in [-0.3, -0.25) is 0 Å². The molecule has 1 rings (SSSR count). The van der Waals surface area contributed by atoms with E-state index in [0.717, 1.165) is 5.56 Å². The van der Waals surface area contributed by atoms with Gasteiger partial charge in [-0.25, -0.2) is 0 Å². The second-order valence-corrected chi connectivity index (χ2v) is 2.76. The van der Waals surface area contributed by atoms with E-state index in [2.05, 4.69) is 10.5 Å². The van der Waals surface area contributed by atoms with Gasteiger partial charge >= 0.3 is 0 Å². The Morgan fingerprint density at radius 1 is 1.27 bits per heavy atom. The average molecular weight is 210 g/mol. The van der Waals surface area contributed by atoms with E-state index in [9.17, 15) is 5.11 Å². The lowest BCUT2D eigenvalue weighted by atomic mass is 10.2. The lowest BCUT2D eigenvalue weighted by Crippen LogP contribution is -1.96. The first-order valence-corrected chi connectivity index (χ1v) is 4.37. The lowest BCUT2D eigenvalue weighted by Gasteiger charge is -2.08. The Morgan fingerprint density at radius 3 is 2.20 bits per heavy atom. The van der Waals surface area contributed by atoms with Gasteiger partial charge in [0.25, 0.3) is 0 Å². The zero-order valence-electron chi connectivity index (χ0n) is 8.94. The number of nitrogens with one attached hydrogen (secondary N) is 1. The number of benzene rings is 1. The van der Waals surface area contributed by atoms with Crippen LogP contribution in [0.2, 0.25) is 0 Å². The van der Waals surface area contributed by atoms with Gasteiger partial charge in [-0.1, -0.05) is 0 Å². The molecule has 0 aromatic heterocycles. The van der Waals surface area contributed by atoms with Gasteiger partial charge in [0.05, 0.1) is 20.4 Å². The maximum absolute atomic E-state index is 9.63. The second-order valence-electron chi connectivity index (χ2n) is 2.76. The third-order valence-electron chi connectivity index (χ3n) is 1.84. The molecular weight excluding hydrogens is 196 g/mol. The van der Waals surface area contributed by atoms with E-state index in [-0.39, 0.29) is 5.75 Å². The summed E-state index contributed by atoms with van der Waals surface area (Å²) < 4.78 is 9.99. The lowest BCUT2D eigenvalue weighted by molar-refractivity contribution is 0.340. The fourth-order valence-electron chi connectivity index (χ4n) is 1.13. The van der Waals surface area contributed by atoms with Gasteiger partial charge in [0.15, 0.2) is 11.5 Å². The molecule has 0 amide bonds. The zero-order chi connectivity index (χ0) is 11.3. The number of nitrogens with zero attached hydrogens (tertiary/aromatic N) is 1. The Bertz CT molecular complexity index is 339. The van der Waals surface area contributed by atoms with Crippen molar-refractivity contribution in [1.29, 1.82) is 0 Å². The minimum atomic E-state index is -0.0124.